The maximum atomic E-state index is 3.90. The summed E-state index contributed by atoms with van der Waals surface area (Å²) in [4.78, 5) is 2.71. The fourth-order valence-corrected chi connectivity index (χ4v) is 4.10. The van der Waals surface area contributed by atoms with Crippen LogP contribution in [-0.4, -0.2) is 36.1 Å². The van der Waals surface area contributed by atoms with E-state index in [1.165, 1.54) is 50.8 Å². The molecule has 2 heteroatoms. The predicted octanol–water partition coefficient (Wildman–Crippen LogP) is 3.96. The number of benzene rings is 1. The van der Waals surface area contributed by atoms with Crippen LogP contribution < -0.4 is 5.32 Å². The van der Waals surface area contributed by atoms with Gasteiger partial charge in [-0.15, -0.1) is 0 Å². The molecule has 3 rings (SSSR count). The van der Waals surface area contributed by atoms with Crippen molar-refractivity contribution in [2.75, 3.05) is 13.1 Å². The number of nitrogens with zero attached hydrogens (tertiary/aromatic N) is 1. The molecule has 22 heavy (non-hydrogen) atoms. The molecule has 2 fully saturated rings. The molecule has 1 aromatic carbocycles. The molecule has 0 aromatic heterocycles. The van der Waals surface area contributed by atoms with Crippen molar-refractivity contribution < 1.29 is 0 Å². The molecule has 0 bridgehead atoms. The van der Waals surface area contributed by atoms with Gasteiger partial charge in [-0.05, 0) is 63.1 Å². The number of hydrogen-bond acceptors (Lipinski definition) is 2. The van der Waals surface area contributed by atoms with Crippen molar-refractivity contribution in [1.29, 1.82) is 0 Å². The van der Waals surface area contributed by atoms with Gasteiger partial charge >= 0.3 is 0 Å². The Labute approximate surface area is 136 Å². The summed E-state index contributed by atoms with van der Waals surface area (Å²) in [6.45, 7) is 9.71. The third kappa shape index (κ3) is 4.11. The number of likely N-dealkylation sites (tertiary alicyclic amines) is 1. The maximum absolute atomic E-state index is 3.90. The second-order valence-electron chi connectivity index (χ2n) is 8.06. The Balaban J connectivity index is 1.47. The number of nitrogens with one attached hydrogen (secondary N) is 1. The summed E-state index contributed by atoms with van der Waals surface area (Å²) in [5.74, 6) is 0. The molecule has 1 aliphatic carbocycles. The summed E-state index contributed by atoms with van der Waals surface area (Å²) in [5, 5.41) is 3.90. The van der Waals surface area contributed by atoms with Crippen molar-refractivity contribution in [2.24, 2.45) is 0 Å². The van der Waals surface area contributed by atoms with Crippen LogP contribution in [0.25, 0.3) is 0 Å². The van der Waals surface area contributed by atoms with Gasteiger partial charge in [0.2, 0.25) is 0 Å². The lowest BCUT2D eigenvalue weighted by atomic mass is 9.79. The zero-order chi connectivity index (χ0) is 15.6. The van der Waals surface area contributed by atoms with Crippen LogP contribution in [-0.2, 0) is 5.41 Å². The van der Waals surface area contributed by atoms with Crippen LogP contribution in [0.3, 0.4) is 0 Å². The smallest absolute Gasteiger partial charge is 0.00964 e. The molecule has 1 unspecified atom stereocenters. The number of piperidine rings is 1. The first-order valence-corrected chi connectivity index (χ1v) is 9.10. The fraction of sp³-hybridized carbons (Fsp3) is 0.700. The van der Waals surface area contributed by atoms with E-state index in [0.717, 1.165) is 12.1 Å². The quantitative estimate of drug-likeness (QED) is 0.855. The third-order valence-corrected chi connectivity index (χ3v) is 5.48. The summed E-state index contributed by atoms with van der Waals surface area (Å²) in [7, 11) is 0. The highest BCUT2D eigenvalue weighted by molar-refractivity contribution is 5.23. The molecule has 2 nitrogen and oxygen atoms in total. The Morgan fingerprint density at radius 2 is 1.73 bits per heavy atom. The van der Waals surface area contributed by atoms with E-state index in [2.05, 4.69) is 61.3 Å². The highest BCUT2D eigenvalue weighted by Gasteiger charge is 2.32. The van der Waals surface area contributed by atoms with Crippen molar-refractivity contribution in [2.45, 2.75) is 76.4 Å². The van der Waals surface area contributed by atoms with E-state index < -0.39 is 0 Å². The second-order valence-corrected chi connectivity index (χ2v) is 8.06. The average molecular weight is 300 g/mol. The van der Waals surface area contributed by atoms with Gasteiger partial charge in [0.05, 0.1) is 0 Å². The van der Waals surface area contributed by atoms with E-state index >= 15 is 0 Å². The lowest BCUT2D eigenvalue weighted by Gasteiger charge is -2.36. The normalized spacial score (nSPS) is 22.7. The minimum atomic E-state index is 0.238. The molecule has 2 aliphatic rings. The van der Waals surface area contributed by atoms with Gasteiger partial charge in [0.15, 0.2) is 0 Å². The molecule has 0 radical (unpaired) electrons. The van der Waals surface area contributed by atoms with Gasteiger partial charge in [0.25, 0.3) is 0 Å². The van der Waals surface area contributed by atoms with Crippen LogP contribution in [0.15, 0.2) is 30.3 Å². The van der Waals surface area contributed by atoms with Crippen LogP contribution in [0.1, 0.15) is 58.4 Å². The van der Waals surface area contributed by atoms with Gasteiger partial charge in [-0.1, -0.05) is 44.2 Å². The van der Waals surface area contributed by atoms with Crippen LogP contribution in [0.4, 0.5) is 0 Å². The predicted molar refractivity (Wildman–Crippen MR) is 94.3 cm³/mol. The third-order valence-electron chi connectivity index (χ3n) is 5.48. The minimum Gasteiger partial charge on any atom is -0.311 e. The fourth-order valence-electron chi connectivity index (χ4n) is 4.10. The van der Waals surface area contributed by atoms with Gasteiger partial charge in [0, 0.05) is 18.1 Å². The first kappa shape index (κ1) is 16.0. The monoisotopic (exact) mass is 300 g/mol. The van der Waals surface area contributed by atoms with E-state index in [9.17, 15) is 0 Å². The van der Waals surface area contributed by atoms with E-state index in [4.69, 9.17) is 0 Å². The Bertz CT molecular complexity index is 456. The second kappa shape index (κ2) is 6.72. The van der Waals surface area contributed by atoms with Crippen LogP contribution in [0.2, 0.25) is 0 Å². The zero-order valence-electron chi connectivity index (χ0n) is 14.5. The minimum absolute atomic E-state index is 0.238. The molecule has 1 heterocycles. The highest BCUT2D eigenvalue weighted by Crippen LogP contribution is 2.30. The van der Waals surface area contributed by atoms with Crippen molar-refractivity contribution >= 4 is 0 Å². The largest absolute Gasteiger partial charge is 0.311 e. The van der Waals surface area contributed by atoms with Crippen molar-refractivity contribution in [3.63, 3.8) is 0 Å². The Morgan fingerprint density at radius 3 is 2.32 bits per heavy atom. The van der Waals surface area contributed by atoms with E-state index in [1.807, 2.05) is 0 Å². The average Bonchev–Trinajstić information content (AvgIpc) is 3.33. The number of rotatable bonds is 6. The van der Waals surface area contributed by atoms with E-state index in [0.29, 0.717) is 6.04 Å². The molecular formula is C20H32N2. The van der Waals surface area contributed by atoms with Crippen molar-refractivity contribution in [3.05, 3.63) is 35.9 Å². The standard InChI is InChI=1S/C20H32N2/c1-16(15-20(2,3)17-7-5-4-6-8-17)21-18-11-13-22(14-12-18)19-9-10-19/h4-8,16,18-19,21H,9-15H2,1-3H3. The summed E-state index contributed by atoms with van der Waals surface area (Å²) in [5.41, 5.74) is 1.69. The highest BCUT2D eigenvalue weighted by atomic mass is 15.2. The molecule has 1 atom stereocenters. The Kier molecular flexibility index (Phi) is 4.89. The van der Waals surface area contributed by atoms with E-state index in [-0.39, 0.29) is 5.41 Å². The van der Waals surface area contributed by atoms with Gasteiger partial charge in [0.1, 0.15) is 0 Å². The topological polar surface area (TPSA) is 15.3 Å². The van der Waals surface area contributed by atoms with Crippen LogP contribution in [0.5, 0.6) is 0 Å². The summed E-state index contributed by atoms with van der Waals surface area (Å²) >= 11 is 0. The maximum Gasteiger partial charge on any atom is 0.00964 e. The molecule has 1 aliphatic heterocycles. The van der Waals surface area contributed by atoms with Crippen molar-refractivity contribution in [1.82, 2.24) is 10.2 Å². The molecule has 0 spiro atoms. The molecule has 1 N–H and O–H groups in total. The Morgan fingerprint density at radius 1 is 1.09 bits per heavy atom. The van der Waals surface area contributed by atoms with Gasteiger partial charge < -0.3 is 10.2 Å². The first-order chi connectivity index (χ1) is 10.5. The van der Waals surface area contributed by atoms with Crippen molar-refractivity contribution in [3.8, 4) is 0 Å². The first-order valence-electron chi connectivity index (χ1n) is 9.10. The molecule has 1 saturated heterocycles. The molecule has 1 saturated carbocycles. The van der Waals surface area contributed by atoms with E-state index in [1.54, 1.807) is 0 Å². The SMILES string of the molecule is CC(CC(C)(C)c1ccccc1)NC1CCN(C2CC2)CC1. The molecule has 1 aromatic rings. The van der Waals surface area contributed by atoms with Crippen LogP contribution >= 0.6 is 0 Å². The number of hydrogen-bond donors (Lipinski definition) is 1. The lowest BCUT2D eigenvalue weighted by Crippen LogP contribution is -2.47. The summed E-state index contributed by atoms with van der Waals surface area (Å²) in [6.07, 6.45) is 6.73. The van der Waals surface area contributed by atoms with Gasteiger partial charge in [-0.3, -0.25) is 0 Å². The van der Waals surface area contributed by atoms with Crippen LogP contribution in [0, 0.1) is 0 Å². The summed E-state index contributed by atoms with van der Waals surface area (Å²) < 4.78 is 0. The summed E-state index contributed by atoms with van der Waals surface area (Å²) in [6, 6.07) is 13.2. The molecule has 0 amide bonds. The molecule has 122 valence electrons. The zero-order valence-corrected chi connectivity index (χ0v) is 14.5. The van der Waals surface area contributed by atoms with Gasteiger partial charge in [-0.2, -0.15) is 0 Å². The Hall–Kier alpha value is -0.860. The van der Waals surface area contributed by atoms with Gasteiger partial charge in [-0.25, -0.2) is 0 Å². The lowest BCUT2D eigenvalue weighted by molar-refractivity contribution is 0.180. The molecular weight excluding hydrogens is 268 g/mol.